The lowest BCUT2D eigenvalue weighted by Gasteiger charge is -2.31. The summed E-state index contributed by atoms with van der Waals surface area (Å²) < 4.78 is 6.10. The topological polar surface area (TPSA) is 35.0 Å². The fourth-order valence-corrected chi connectivity index (χ4v) is 3.68. The number of hydrogen-bond donors (Lipinski definition) is 0. The normalized spacial score (nSPS) is 18.5. The fraction of sp³-hybridized carbons (Fsp3) is 0.750. The summed E-state index contributed by atoms with van der Waals surface area (Å²) in [6.45, 7) is 4.75. The number of halogens is 2. The Morgan fingerprint density at radius 3 is 2.05 bits per heavy atom. The molecule has 1 fully saturated rings. The first-order valence-electron chi connectivity index (χ1n) is 7.99. The van der Waals surface area contributed by atoms with Crippen molar-refractivity contribution in [2.24, 2.45) is 0 Å². The molecule has 0 amide bonds. The first kappa shape index (κ1) is 17.0. The Hall–Kier alpha value is -0.380. The molecular formula is C16H24Cl2N2O. The zero-order valence-corrected chi connectivity index (χ0v) is 14.4. The highest BCUT2D eigenvalue weighted by atomic mass is 35.5. The molecule has 118 valence electrons. The van der Waals surface area contributed by atoms with Crippen LogP contribution in [0.1, 0.15) is 70.2 Å². The summed E-state index contributed by atoms with van der Waals surface area (Å²) in [5, 5.41) is 0.963. The Bertz CT molecular complexity index is 448. The van der Waals surface area contributed by atoms with Crippen molar-refractivity contribution in [2.45, 2.75) is 70.8 Å². The molecule has 5 heteroatoms. The summed E-state index contributed by atoms with van der Waals surface area (Å²) in [4.78, 5) is 9.11. The minimum absolute atomic E-state index is 0.413. The van der Waals surface area contributed by atoms with Crippen LogP contribution in [-0.4, -0.2) is 16.6 Å². The predicted octanol–water partition coefficient (Wildman–Crippen LogP) is 5.32. The summed E-state index contributed by atoms with van der Waals surface area (Å²) in [5.74, 6) is 0.668. The minimum atomic E-state index is -0.413. The molecule has 1 aromatic heterocycles. The minimum Gasteiger partial charge on any atom is -0.367 e. The largest absolute Gasteiger partial charge is 0.367 e. The molecule has 1 aromatic rings. The molecule has 0 unspecified atom stereocenters. The number of rotatable bonds is 5. The second-order valence-electron chi connectivity index (χ2n) is 5.70. The SMILES string of the molecule is CCCc1c(Cl)nc(C2(OCC)CCCCCC2)nc1Cl. The van der Waals surface area contributed by atoms with Gasteiger partial charge in [0.15, 0.2) is 5.82 Å². The summed E-state index contributed by atoms with van der Waals surface area (Å²) >= 11 is 12.7. The molecule has 0 saturated heterocycles. The van der Waals surface area contributed by atoms with Crippen LogP contribution >= 0.6 is 23.2 Å². The number of ether oxygens (including phenoxy) is 1. The second-order valence-corrected chi connectivity index (χ2v) is 6.41. The fourth-order valence-electron chi connectivity index (χ4n) is 3.10. The van der Waals surface area contributed by atoms with E-state index in [1.165, 1.54) is 12.8 Å². The Morgan fingerprint density at radius 1 is 1.00 bits per heavy atom. The van der Waals surface area contributed by atoms with E-state index in [1.807, 2.05) is 6.92 Å². The summed E-state index contributed by atoms with van der Waals surface area (Å²) in [6, 6.07) is 0. The highest BCUT2D eigenvalue weighted by Crippen LogP contribution is 2.39. The molecule has 1 heterocycles. The van der Waals surface area contributed by atoms with Gasteiger partial charge >= 0.3 is 0 Å². The van der Waals surface area contributed by atoms with E-state index in [-0.39, 0.29) is 0 Å². The molecule has 21 heavy (non-hydrogen) atoms. The smallest absolute Gasteiger partial charge is 0.163 e. The number of aromatic nitrogens is 2. The van der Waals surface area contributed by atoms with E-state index in [2.05, 4.69) is 16.9 Å². The third-order valence-corrected chi connectivity index (χ3v) is 4.77. The van der Waals surface area contributed by atoms with Crippen molar-refractivity contribution < 1.29 is 4.74 Å². The van der Waals surface area contributed by atoms with E-state index in [0.717, 1.165) is 44.1 Å². The van der Waals surface area contributed by atoms with E-state index >= 15 is 0 Å². The molecule has 0 spiro atoms. The highest BCUT2D eigenvalue weighted by Gasteiger charge is 2.37. The van der Waals surface area contributed by atoms with Crippen LogP contribution in [0.2, 0.25) is 10.3 Å². The third-order valence-electron chi connectivity index (χ3n) is 4.15. The highest BCUT2D eigenvalue weighted by molar-refractivity contribution is 6.34. The summed E-state index contributed by atoms with van der Waals surface area (Å²) in [7, 11) is 0. The first-order chi connectivity index (χ1) is 10.1. The van der Waals surface area contributed by atoms with Crippen molar-refractivity contribution in [1.82, 2.24) is 9.97 Å². The summed E-state index contributed by atoms with van der Waals surface area (Å²) in [6.07, 6.45) is 8.42. The average Bonchev–Trinajstić information content (AvgIpc) is 2.69. The third kappa shape index (κ3) is 3.88. The monoisotopic (exact) mass is 330 g/mol. The zero-order chi connectivity index (χ0) is 15.3. The van der Waals surface area contributed by atoms with Gasteiger partial charge in [0.25, 0.3) is 0 Å². The van der Waals surface area contributed by atoms with E-state index in [1.54, 1.807) is 0 Å². The Labute approximate surface area is 137 Å². The molecule has 0 bridgehead atoms. The maximum atomic E-state index is 6.34. The molecule has 0 atom stereocenters. The molecular weight excluding hydrogens is 307 g/mol. The molecule has 1 aliphatic carbocycles. The van der Waals surface area contributed by atoms with E-state index in [0.29, 0.717) is 22.7 Å². The van der Waals surface area contributed by atoms with Gasteiger partial charge in [-0.1, -0.05) is 62.2 Å². The van der Waals surface area contributed by atoms with Gasteiger partial charge in [-0.25, -0.2) is 9.97 Å². The zero-order valence-electron chi connectivity index (χ0n) is 12.9. The number of nitrogens with zero attached hydrogens (tertiary/aromatic N) is 2. The molecule has 3 nitrogen and oxygen atoms in total. The molecule has 2 rings (SSSR count). The maximum Gasteiger partial charge on any atom is 0.163 e. The van der Waals surface area contributed by atoms with Crippen molar-refractivity contribution in [1.29, 1.82) is 0 Å². The lowest BCUT2D eigenvalue weighted by atomic mass is 9.93. The van der Waals surface area contributed by atoms with Gasteiger partial charge in [-0.2, -0.15) is 0 Å². The van der Waals surface area contributed by atoms with Crippen LogP contribution in [0.3, 0.4) is 0 Å². The van der Waals surface area contributed by atoms with Gasteiger partial charge in [0.2, 0.25) is 0 Å². The Kier molecular flexibility index (Phi) is 6.27. The summed E-state index contributed by atoms with van der Waals surface area (Å²) in [5.41, 5.74) is 0.438. The van der Waals surface area contributed by atoms with E-state index in [9.17, 15) is 0 Å². The van der Waals surface area contributed by atoms with Crippen LogP contribution in [0.5, 0.6) is 0 Å². The van der Waals surface area contributed by atoms with Gasteiger partial charge in [0, 0.05) is 12.2 Å². The molecule has 0 radical (unpaired) electrons. The van der Waals surface area contributed by atoms with Crippen LogP contribution in [0.25, 0.3) is 0 Å². The van der Waals surface area contributed by atoms with Crippen molar-refractivity contribution in [3.8, 4) is 0 Å². The van der Waals surface area contributed by atoms with Crippen LogP contribution in [0, 0.1) is 0 Å². The quantitative estimate of drug-likeness (QED) is 0.541. The molecule has 0 aliphatic heterocycles. The van der Waals surface area contributed by atoms with Gasteiger partial charge in [0.1, 0.15) is 15.9 Å². The van der Waals surface area contributed by atoms with Crippen LogP contribution < -0.4 is 0 Å². The standard InChI is InChI=1S/C16H24Cl2N2O/c1-3-9-12-13(17)19-15(20-14(12)18)16(21-4-2)10-7-5-6-8-11-16/h3-11H2,1-2H3. The average molecular weight is 331 g/mol. The first-order valence-corrected chi connectivity index (χ1v) is 8.75. The molecule has 1 saturated carbocycles. The van der Waals surface area contributed by atoms with Crippen molar-refractivity contribution in [2.75, 3.05) is 6.61 Å². The number of hydrogen-bond acceptors (Lipinski definition) is 3. The Morgan fingerprint density at radius 2 is 1.57 bits per heavy atom. The van der Waals surface area contributed by atoms with Crippen LogP contribution in [-0.2, 0) is 16.8 Å². The maximum absolute atomic E-state index is 6.34. The Balaban J connectivity index is 2.40. The van der Waals surface area contributed by atoms with Gasteiger partial charge in [-0.3, -0.25) is 0 Å². The predicted molar refractivity (Wildman–Crippen MR) is 87.1 cm³/mol. The van der Waals surface area contributed by atoms with Crippen molar-refractivity contribution in [3.05, 3.63) is 21.7 Å². The lowest BCUT2D eigenvalue weighted by molar-refractivity contribution is -0.0624. The van der Waals surface area contributed by atoms with Crippen molar-refractivity contribution >= 4 is 23.2 Å². The molecule has 1 aliphatic rings. The van der Waals surface area contributed by atoms with Gasteiger partial charge in [-0.05, 0) is 26.2 Å². The van der Waals surface area contributed by atoms with Gasteiger partial charge in [0.05, 0.1) is 0 Å². The molecule has 0 aromatic carbocycles. The van der Waals surface area contributed by atoms with Gasteiger partial charge in [-0.15, -0.1) is 0 Å². The lowest BCUT2D eigenvalue weighted by Crippen LogP contribution is -2.32. The second kappa shape index (κ2) is 7.75. The molecule has 0 N–H and O–H groups in total. The van der Waals surface area contributed by atoms with E-state index in [4.69, 9.17) is 27.9 Å². The van der Waals surface area contributed by atoms with Crippen molar-refractivity contribution in [3.63, 3.8) is 0 Å². The van der Waals surface area contributed by atoms with E-state index < -0.39 is 5.60 Å². The van der Waals surface area contributed by atoms with Crippen LogP contribution in [0.4, 0.5) is 0 Å². The van der Waals surface area contributed by atoms with Crippen LogP contribution in [0.15, 0.2) is 0 Å². The van der Waals surface area contributed by atoms with Gasteiger partial charge < -0.3 is 4.74 Å².